The van der Waals surface area contributed by atoms with E-state index in [1.54, 1.807) is 54.7 Å². The highest BCUT2D eigenvalue weighted by molar-refractivity contribution is 6.30. The Morgan fingerprint density at radius 3 is 2.77 bits per heavy atom. The molecule has 5 rings (SSSR count). The van der Waals surface area contributed by atoms with E-state index >= 15 is 0 Å². The van der Waals surface area contributed by atoms with Crippen LogP contribution in [0.25, 0.3) is 11.0 Å². The molecule has 3 heterocycles. The number of aryl methyl sites for hydroxylation is 1. The number of aromatic nitrogens is 2. The lowest BCUT2D eigenvalue weighted by Crippen LogP contribution is -2.37. The van der Waals surface area contributed by atoms with Crippen LogP contribution in [0, 0.1) is 0 Å². The molecule has 1 aliphatic rings. The zero-order valence-corrected chi connectivity index (χ0v) is 19.6. The van der Waals surface area contributed by atoms with Crippen LogP contribution in [0.2, 0.25) is 5.02 Å². The van der Waals surface area contributed by atoms with Crippen LogP contribution in [0.5, 0.6) is 5.75 Å². The maximum atomic E-state index is 13.6. The molecule has 0 aliphatic carbocycles. The fraction of sp³-hybridized carbons (Fsp3) is 0.192. The number of fused-ring (bicyclic) bond motifs is 1. The standard InChI is InChI=1S/C26H22ClN3O5/c1-34-19-5-2-4-17-14-20(35-25(17)19)23(31)21-22(16-6-8-18(27)9-7-16)30(26(33)24(21)32)12-3-11-29-13-10-28-15-29/h2,4-10,13-15,22H,3,11-12H2,1H3,(H,31,32). The van der Waals surface area contributed by atoms with Crippen LogP contribution in [0.4, 0.5) is 0 Å². The van der Waals surface area contributed by atoms with Crippen molar-refractivity contribution in [2.45, 2.75) is 19.0 Å². The van der Waals surface area contributed by atoms with E-state index in [1.165, 1.54) is 12.0 Å². The van der Waals surface area contributed by atoms with Crippen molar-refractivity contribution in [2.24, 2.45) is 0 Å². The highest BCUT2D eigenvalue weighted by Crippen LogP contribution is 2.39. The van der Waals surface area contributed by atoms with E-state index in [9.17, 15) is 14.7 Å². The molecule has 0 saturated carbocycles. The second kappa shape index (κ2) is 9.31. The molecule has 1 unspecified atom stereocenters. The largest absolute Gasteiger partial charge is 0.868 e. The first-order valence-electron chi connectivity index (χ1n) is 11.1. The van der Waals surface area contributed by atoms with Gasteiger partial charge in [0.1, 0.15) is 12.4 Å². The molecule has 0 spiro atoms. The minimum Gasteiger partial charge on any atom is -0.868 e. The minimum absolute atomic E-state index is 0.0238. The summed E-state index contributed by atoms with van der Waals surface area (Å²) in [5, 5.41) is 14.3. The number of benzene rings is 2. The Labute approximate surface area is 206 Å². The number of Topliss-reactive ketones (excluding diaryl/α,β-unsaturated/α-hetero) is 1. The van der Waals surface area contributed by atoms with Crippen molar-refractivity contribution < 1.29 is 28.4 Å². The van der Waals surface area contributed by atoms with Crippen LogP contribution < -0.4 is 14.4 Å². The molecule has 1 amide bonds. The van der Waals surface area contributed by atoms with Gasteiger partial charge in [0.15, 0.2) is 17.1 Å². The summed E-state index contributed by atoms with van der Waals surface area (Å²) in [4.78, 5) is 31.1. The number of carbonyl (C=O) groups is 2. The van der Waals surface area contributed by atoms with E-state index in [0.717, 1.165) is 0 Å². The molecule has 178 valence electrons. The molecule has 35 heavy (non-hydrogen) atoms. The Bertz CT molecular complexity index is 1420. The number of hydrogen-bond donors (Lipinski definition) is 1. The molecule has 8 nitrogen and oxygen atoms in total. The molecular weight excluding hydrogens is 470 g/mol. The first-order valence-corrected chi connectivity index (χ1v) is 11.5. The number of nitrogens with one attached hydrogen (secondary N) is 1. The molecule has 1 atom stereocenters. The third kappa shape index (κ3) is 4.17. The maximum Gasteiger partial charge on any atom is 0.241 e. The third-order valence-corrected chi connectivity index (χ3v) is 6.34. The van der Waals surface area contributed by atoms with Crippen molar-refractivity contribution in [3.63, 3.8) is 0 Å². The molecule has 0 bridgehead atoms. The molecule has 1 N–H and O–H groups in total. The molecular formula is C26H22ClN3O5. The van der Waals surface area contributed by atoms with Gasteiger partial charge in [-0.15, -0.1) is 0 Å². The number of aromatic amines is 1. The molecule has 9 heteroatoms. The number of halogens is 1. The molecule has 0 radical (unpaired) electrons. The quantitative estimate of drug-likeness (QED) is 0.301. The number of carbonyl (C=O) groups excluding carboxylic acids is 2. The van der Waals surface area contributed by atoms with Gasteiger partial charge in [0.25, 0.3) is 0 Å². The van der Waals surface area contributed by atoms with Crippen molar-refractivity contribution in [1.82, 2.24) is 9.88 Å². The number of ether oxygens (including phenoxy) is 1. The fourth-order valence-electron chi connectivity index (χ4n) is 4.42. The average Bonchev–Trinajstić information content (AvgIpc) is 3.59. The van der Waals surface area contributed by atoms with Crippen molar-refractivity contribution in [2.75, 3.05) is 13.7 Å². The Kier molecular flexibility index (Phi) is 6.05. The van der Waals surface area contributed by atoms with Gasteiger partial charge in [-0.3, -0.25) is 14.6 Å². The van der Waals surface area contributed by atoms with Gasteiger partial charge in [-0.1, -0.05) is 35.9 Å². The number of H-pyrrole nitrogens is 1. The molecule has 0 fully saturated rings. The van der Waals surface area contributed by atoms with Crippen molar-refractivity contribution in [3.8, 4) is 5.75 Å². The van der Waals surface area contributed by atoms with E-state index < -0.39 is 23.5 Å². The lowest BCUT2D eigenvalue weighted by atomic mass is 9.95. The van der Waals surface area contributed by atoms with Gasteiger partial charge in [-0.05, 0) is 35.6 Å². The zero-order valence-electron chi connectivity index (χ0n) is 18.9. The van der Waals surface area contributed by atoms with E-state index in [4.69, 9.17) is 20.8 Å². The number of imidazole rings is 1. The van der Waals surface area contributed by atoms with Gasteiger partial charge >= 0.3 is 0 Å². The first kappa shape index (κ1) is 22.7. The zero-order chi connectivity index (χ0) is 24.5. The predicted molar refractivity (Wildman–Crippen MR) is 126 cm³/mol. The number of nitrogens with zero attached hydrogens (tertiary/aromatic N) is 2. The van der Waals surface area contributed by atoms with Gasteiger partial charge in [0, 0.05) is 28.9 Å². The van der Waals surface area contributed by atoms with Gasteiger partial charge in [-0.25, -0.2) is 4.57 Å². The normalized spacial score (nSPS) is 15.9. The van der Waals surface area contributed by atoms with Crippen LogP contribution >= 0.6 is 11.6 Å². The Morgan fingerprint density at radius 1 is 1.26 bits per heavy atom. The van der Waals surface area contributed by atoms with Gasteiger partial charge in [-0.2, -0.15) is 0 Å². The number of methoxy groups -OCH3 is 1. The summed E-state index contributed by atoms with van der Waals surface area (Å²) in [7, 11) is 1.51. The van der Waals surface area contributed by atoms with Crippen molar-refractivity contribution in [3.05, 3.63) is 94.9 Å². The lowest BCUT2D eigenvalue weighted by Gasteiger charge is -2.27. The number of furan rings is 1. The second-order valence-corrected chi connectivity index (χ2v) is 8.65. The summed E-state index contributed by atoms with van der Waals surface area (Å²) >= 11 is 6.07. The number of ketones is 1. The highest BCUT2D eigenvalue weighted by Gasteiger charge is 2.40. The Hall–Kier alpha value is -4.04. The average molecular weight is 492 g/mol. The number of rotatable bonds is 8. The Morgan fingerprint density at radius 2 is 2.06 bits per heavy atom. The lowest BCUT2D eigenvalue weighted by molar-refractivity contribution is -0.695. The number of amides is 1. The van der Waals surface area contributed by atoms with Crippen molar-refractivity contribution in [1.29, 1.82) is 0 Å². The Balaban J connectivity index is 1.51. The fourth-order valence-corrected chi connectivity index (χ4v) is 4.54. The van der Waals surface area contributed by atoms with Crippen LogP contribution in [0.3, 0.4) is 0 Å². The predicted octanol–water partition coefficient (Wildman–Crippen LogP) is 3.18. The molecule has 0 saturated heterocycles. The minimum atomic E-state index is -0.842. The van der Waals surface area contributed by atoms with Gasteiger partial charge in [0.05, 0.1) is 19.7 Å². The molecule has 4 aromatic rings. The highest BCUT2D eigenvalue weighted by atomic mass is 35.5. The van der Waals surface area contributed by atoms with E-state index in [2.05, 4.69) is 4.98 Å². The van der Waals surface area contributed by atoms with Crippen LogP contribution in [0.1, 0.15) is 28.6 Å². The van der Waals surface area contributed by atoms with Crippen molar-refractivity contribution >= 4 is 34.3 Å². The maximum absolute atomic E-state index is 13.6. The van der Waals surface area contributed by atoms with Gasteiger partial charge < -0.3 is 19.2 Å². The first-order chi connectivity index (χ1) is 17.0. The summed E-state index contributed by atoms with van der Waals surface area (Å²) < 4.78 is 13.1. The summed E-state index contributed by atoms with van der Waals surface area (Å²) in [6.45, 7) is 0.933. The summed E-state index contributed by atoms with van der Waals surface area (Å²) in [5.41, 5.74) is 0.892. The SMILES string of the molecule is COc1cccc2cc(C(=O)C3=C([O-])C(=O)N(CCC[n+]4cc[nH]c4)C3c3ccc(Cl)cc3)oc12. The van der Waals surface area contributed by atoms with Gasteiger partial charge in [0.2, 0.25) is 18.0 Å². The van der Waals surface area contributed by atoms with Crippen LogP contribution in [-0.2, 0) is 11.3 Å². The smallest absolute Gasteiger partial charge is 0.241 e. The number of hydrogen-bond acceptors (Lipinski definition) is 5. The molecule has 2 aromatic carbocycles. The summed E-state index contributed by atoms with van der Waals surface area (Å²) in [6, 6.07) is 12.8. The number of para-hydroxylation sites is 1. The van der Waals surface area contributed by atoms with E-state index in [1.807, 2.05) is 17.1 Å². The molecule has 2 aromatic heterocycles. The van der Waals surface area contributed by atoms with E-state index in [-0.39, 0.29) is 11.3 Å². The van der Waals surface area contributed by atoms with Crippen LogP contribution in [-0.4, -0.2) is 35.2 Å². The summed E-state index contributed by atoms with van der Waals surface area (Å²) in [6.07, 6.45) is 6.08. The van der Waals surface area contributed by atoms with Crippen LogP contribution in [0.15, 0.2) is 83.0 Å². The van der Waals surface area contributed by atoms with E-state index in [0.29, 0.717) is 46.8 Å². The monoisotopic (exact) mass is 491 g/mol. The topological polar surface area (TPSA) is 102 Å². The third-order valence-electron chi connectivity index (χ3n) is 6.08. The molecule has 1 aliphatic heterocycles. The summed E-state index contributed by atoms with van der Waals surface area (Å²) in [5.74, 6) is -1.70. The second-order valence-electron chi connectivity index (χ2n) is 8.22.